The number of fused-ring (bicyclic) bond motifs is 1. The van der Waals surface area contributed by atoms with E-state index in [1.54, 1.807) is 11.3 Å². The summed E-state index contributed by atoms with van der Waals surface area (Å²) in [7, 11) is 2.17. The molecule has 0 saturated heterocycles. The molecule has 0 atom stereocenters. The van der Waals surface area contributed by atoms with E-state index in [9.17, 15) is 0 Å². The average molecular weight is 347 g/mol. The third-order valence-corrected chi connectivity index (χ3v) is 5.16. The van der Waals surface area contributed by atoms with Gasteiger partial charge in [0.2, 0.25) is 0 Å². The molecule has 4 aromatic rings. The monoisotopic (exact) mass is 347 g/mol. The Hall–Kier alpha value is -2.43. The first-order chi connectivity index (χ1) is 12.2. The van der Waals surface area contributed by atoms with Crippen LogP contribution in [-0.4, -0.2) is 21.3 Å². The van der Waals surface area contributed by atoms with Crippen molar-refractivity contribution in [1.29, 1.82) is 0 Å². The molecule has 0 N–H and O–H groups in total. The minimum Gasteiger partial charge on any atom is -0.296 e. The second kappa shape index (κ2) is 6.82. The normalized spacial score (nSPS) is 11.5. The number of nitrogens with zero attached hydrogens (tertiary/aromatic N) is 3. The van der Waals surface area contributed by atoms with Crippen molar-refractivity contribution < 1.29 is 0 Å². The van der Waals surface area contributed by atoms with Gasteiger partial charge in [0.25, 0.3) is 0 Å². The lowest BCUT2D eigenvalue weighted by atomic mass is 10.1. The molecule has 2 aromatic carbocycles. The molecule has 0 radical (unpaired) electrons. The van der Waals surface area contributed by atoms with Crippen LogP contribution >= 0.6 is 11.3 Å². The van der Waals surface area contributed by atoms with Crippen LogP contribution in [0.1, 0.15) is 16.8 Å². The molecule has 25 heavy (non-hydrogen) atoms. The maximum absolute atomic E-state index is 4.87. The van der Waals surface area contributed by atoms with Gasteiger partial charge in [-0.25, -0.2) is 4.98 Å². The zero-order chi connectivity index (χ0) is 17.2. The molecule has 3 nitrogen and oxygen atoms in total. The molecule has 2 heterocycles. The number of rotatable bonds is 5. The first kappa shape index (κ1) is 16.1. The highest BCUT2D eigenvalue weighted by Crippen LogP contribution is 2.27. The van der Waals surface area contributed by atoms with E-state index in [4.69, 9.17) is 4.98 Å². The third kappa shape index (κ3) is 3.36. The van der Waals surface area contributed by atoms with E-state index in [0.717, 1.165) is 23.7 Å². The molecule has 0 aliphatic heterocycles. The largest absolute Gasteiger partial charge is 0.296 e. The lowest BCUT2D eigenvalue weighted by molar-refractivity contribution is 0.315. The zero-order valence-corrected chi connectivity index (χ0v) is 15.3. The Kier molecular flexibility index (Phi) is 4.38. The fourth-order valence-electron chi connectivity index (χ4n) is 3.13. The smallest absolute Gasteiger partial charge is 0.194 e. The van der Waals surface area contributed by atoms with Gasteiger partial charge >= 0.3 is 0 Å². The molecule has 2 aromatic heterocycles. The topological polar surface area (TPSA) is 20.5 Å². The van der Waals surface area contributed by atoms with Crippen LogP contribution in [0.3, 0.4) is 0 Å². The van der Waals surface area contributed by atoms with E-state index in [2.05, 4.69) is 83.4 Å². The highest BCUT2D eigenvalue weighted by atomic mass is 32.1. The Morgan fingerprint density at radius 2 is 1.76 bits per heavy atom. The Balaban J connectivity index is 1.63. The van der Waals surface area contributed by atoms with Crippen molar-refractivity contribution in [1.82, 2.24) is 14.3 Å². The second-order valence-corrected chi connectivity index (χ2v) is 7.36. The van der Waals surface area contributed by atoms with Gasteiger partial charge in [0.05, 0.1) is 11.4 Å². The van der Waals surface area contributed by atoms with Crippen molar-refractivity contribution in [2.75, 3.05) is 7.05 Å². The maximum Gasteiger partial charge on any atom is 0.194 e. The fraction of sp³-hybridized carbons (Fsp3) is 0.190. The number of hydrogen-bond donors (Lipinski definition) is 0. The van der Waals surface area contributed by atoms with Gasteiger partial charge in [0.1, 0.15) is 0 Å². The minimum absolute atomic E-state index is 0.857. The molecule has 0 aliphatic carbocycles. The number of aromatic nitrogens is 2. The summed E-state index contributed by atoms with van der Waals surface area (Å²) in [6.07, 6.45) is 2.12. The quantitative estimate of drug-likeness (QED) is 0.506. The van der Waals surface area contributed by atoms with Gasteiger partial charge in [-0.1, -0.05) is 60.2 Å². The van der Waals surface area contributed by atoms with E-state index < -0.39 is 0 Å². The number of aryl methyl sites for hydroxylation is 1. The van der Waals surface area contributed by atoms with E-state index in [-0.39, 0.29) is 0 Å². The van der Waals surface area contributed by atoms with E-state index in [0.29, 0.717) is 0 Å². The molecule has 0 saturated carbocycles. The average Bonchev–Trinajstić information content (AvgIpc) is 3.20. The van der Waals surface area contributed by atoms with Crippen molar-refractivity contribution in [3.05, 3.63) is 83.0 Å². The van der Waals surface area contributed by atoms with Gasteiger partial charge in [-0.3, -0.25) is 9.30 Å². The van der Waals surface area contributed by atoms with Gasteiger partial charge in [-0.05, 0) is 19.5 Å². The summed E-state index contributed by atoms with van der Waals surface area (Å²) in [4.78, 5) is 8.27. The van der Waals surface area contributed by atoms with Crippen LogP contribution in [0.2, 0.25) is 0 Å². The predicted octanol–water partition coefficient (Wildman–Crippen LogP) is 5.00. The predicted molar refractivity (Wildman–Crippen MR) is 105 cm³/mol. The molecule has 4 heteroatoms. The van der Waals surface area contributed by atoms with Crippen LogP contribution in [0.5, 0.6) is 0 Å². The molecule has 0 unspecified atom stereocenters. The third-order valence-electron chi connectivity index (χ3n) is 4.40. The van der Waals surface area contributed by atoms with Crippen LogP contribution < -0.4 is 0 Å². The molecule has 4 rings (SSSR count). The lowest BCUT2D eigenvalue weighted by Gasteiger charge is -2.17. The highest BCUT2D eigenvalue weighted by Gasteiger charge is 2.16. The molecule has 0 amide bonds. The first-order valence-electron chi connectivity index (χ1n) is 8.44. The summed E-state index contributed by atoms with van der Waals surface area (Å²) in [5.74, 6) is 0. The van der Waals surface area contributed by atoms with Crippen molar-refractivity contribution in [3.8, 4) is 11.3 Å². The van der Waals surface area contributed by atoms with Crippen LogP contribution in [0.4, 0.5) is 0 Å². The number of thiazole rings is 1. The van der Waals surface area contributed by atoms with Gasteiger partial charge in [0.15, 0.2) is 4.96 Å². The number of hydrogen-bond acceptors (Lipinski definition) is 3. The molecule has 126 valence electrons. The molecule has 0 fully saturated rings. The summed E-state index contributed by atoms with van der Waals surface area (Å²) in [5, 5.41) is 2.10. The van der Waals surface area contributed by atoms with Crippen molar-refractivity contribution in [2.45, 2.75) is 20.0 Å². The maximum atomic E-state index is 4.87. The zero-order valence-electron chi connectivity index (χ0n) is 14.5. The van der Waals surface area contributed by atoms with Crippen LogP contribution in [0.25, 0.3) is 16.2 Å². The van der Waals surface area contributed by atoms with Crippen molar-refractivity contribution in [3.63, 3.8) is 0 Å². The Morgan fingerprint density at radius 1 is 1.00 bits per heavy atom. The lowest BCUT2D eigenvalue weighted by Crippen LogP contribution is -2.18. The highest BCUT2D eigenvalue weighted by molar-refractivity contribution is 7.15. The summed E-state index contributed by atoms with van der Waals surface area (Å²) in [6.45, 7) is 3.90. The number of benzene rings is 2. The first-order valence-corrected chi connectivity index (χ1v) is 9.32. The molecular formula is C21H21N3S. The van der Waals surface area contributed by atoms with E-state index >= 15 is 0 Å². The van der Waals surface area contributed by atoms with Gasteiger partial charge in [0, 0.05) is 30.2 Å². The fourth-order valence-corrected chi connectivity index (χ4v) is 3.86. The molecule has 0 spiro atoms. The van der Waals surface area contributed by atoms with Crippen molar-refractivity contribution >= 4 is 16.3 Å². The summed E-state index contributed by atoms with van der Waals surface area (Å²) in [5.41, 5.74) is 6.14. The summed E-state index contributed by atoms with van der Waals surface area (Å²) in [6, 6.07) is 19.2. The number of imidazole rings is 1. The minimum atomic E-state index is 0.857. The molecule has 0 bridgehead atoms. The van der Waals surface area contributed by atoms with Crippen molar-refractivity contribution in [2.24, 2.45) is 0 Å². The van der Waals surface area contributed by atoms with Crippen LogP contribution in [0, 0.1) is 6.92 Å². The van der Waals surface area contributed by atoms with Gasteiger partial charge in [-0.2, -0.15) is 0 Å². The Labute approximate surface area is 152 Å². The van der Waals surface area contributed by atoms with Crippen LogP contribution in [-0.2, 0) is 13.1 Å². The van der Waals surface area contributed by atoms with Gasteiger partial charge < -0.3 is 0 Å². The standard InChI is InChI=1S/C21H21N3S/c1-16-8-10-17(11-9-16)14-23(2)15-19-20(18-6-4-3-5-7-18)22-21-24(19)12-13-25-21/h3-13H,14-15H2,1-2H3. The van der Waals surface area contributed by atoms with Gasteiger partial charge in [-0.15, -0.1) is 11.3 Å². The Morgan fingerprint density at radius 3 is 2.52 bits per heavy atom. The van der Waals surface area contributed by atoms with Crippen LogP contribution in [0.15, 0.2) is 66.2 Å². The summed E-state index contributed by atoms with van der Waals surface area (Å²) < 4.78 is 2.22. The van der Waals surface area contributed by atoms with E-state index in [1.807, 2.05) is 6.07 Å². The molecular weight excluding hydrogens is 326 g/mol. The summed E-state index contributed by atoms with van der Waals surface area (Å²) >= 11 is 1.68. The van der Waals surface area contributed by atoms with E-state index in [1.165, 1.54) is 22.4 Å². The SMILES string of the molecule is Cc1ccc(CN(C)Cc2c(-c3ccccc3)nc3sccn23)cc1. The second-order valence-electron chi connectivity index (χ2n) is 6.49. The Bertz CT molecular complexity index is 967. The molecule has 0 aliphatic rings.